The van der Waals surface area contributed by atoms with E-state index in [2.05, 4.69) is 15.4 Å². The third-order valence-electron chi connectivity index (χ3n) is 2.06. The minimum Gasteiger partial charge on any atom is -0.480 e. The molecule has 1 aromatic heterocycles. The lowest BCUT2D eigenvalue weighted by molar-refractivity contribution is -0.139. The molecule has 0 fully saturated rings. The molecule has 0 aliphatic rings. The van der Waals surface area contributed by atoms with E-state index in [0.717, 1.165) is 6.20 Å². The molecule has 0 atom stereocenters. The zero-order valence-electron chi connectivity index (χ0n) is 10.2. The topological polar surface area (TPSA) is 78.4 Å². The molecule has 0 bridgehead atoms. The van der Waals surface area contributed by atoms with E-state index in [4.69, 9.17) is 16.7 Å². The van der Waals surface area contributed by atoms with E-state index in [-0.39, 0.29) is 17.6 Å². The summed E-state index contributed by atoms with van der Waals surface area (Å²) in [5.74, 6) is -1.91. The SMILES string of the molecule is CC(C)(C)N(CC(=O)O)Nc1nc(Cl)ncc1F. The first-order valence-electron chi connectivity index (χ1n) is 5.14. The highest BCUT2D eigenvalue weighted by Gasteiger charge is 2.25. The summed E-state index contributed by atoms with van der Waals surface area (Å²) >= 11 is 5.56. The Hall–Kier alpha value is -1.47. The second-order valence-corrected chi connectivity index (χ2v) is 4.94. The molecule has 0 aliphatic heterocycles. The van der Waals surface area contributed by atoms with Gasteiger partial charge in [0.15, 0.2) is 11.6 Å². The molecule has 0 aliphatic carbocycles. The van der Waals surface area contributed by atoms with Crippen LogP contribution >= 0.6 is 11.6 Å². The standard InChI is InChI=1S/C10H14ClFN4O2/c1-10(2,3)16(5-7(17)18)15-8-6(12)4-13-9(11)14-8/h4H,5H2,1-3H3,(H,17,18)(H,13,14,15). The largest absolute Gasteiger partial charge is 0.480 e. The van der Waals surface area contributed by atoms with Crippen LogP contribution in [0.5, 0.6) is 0 Å². The minimum absolute atomic E-state index is 0.122. The Morgan fingerprint density at radius 3 is 2.72 bits per heavy atom. The average molecular weight is 277 g/mol. The summed E-state index contributed by atoms with van der Waals surface area (Å²) in [5, 5.41) is 10.0. The van der Waals surface area contributed by atoms with Gasteiger partial charge in [-0.25, -0.2) is 14.4 Å². The molecule has 1 heterocycles. The van der Waals surface area contributed by atoms with Crippen molar-refractivity contribution in [1.29, 1.82) is 0 Å². The first kappa shape index (κ1) is 14.6. The van der Waals surface area contributed by atoms with Crippen molar-refractivity contribution in [3.63, 3.8) is 0 Å². The van der Waals surface area contributed by atoms with E-state index in [0.29, 0.717) is 0 Å². The number of nitrogens with one attached hydrogen (secondary N) is 1. The van der Waals surface area contributed by atoms with Crippen LogP contribution in [-0.4, -0.2) is 38.1 Å². The van der Waals surface area contributed by atoms with Crippen LogP contribution in [0.25, 0.3) is 0 Å². The summed E-state index contributed by atoms with van der Waals surface area (Å²) in [6, 6.07) is 0. The maximum absolute atomic E-state index is 13.4. The molecule has 1 rings (SSSR count). The van der Waals surface area contributed by atoms with E-state index < -0.39 is 17.3 Å². The molecule has 0 spiro atoms. The highest BCUT2D eigenvalue weighted by molar-refractivity contribution is 6.28. The van der Waals surface area contributed by atoms with Gasteiger partial charge in [-0.3, -0.25) is 10.2 Å². The monoisotopic (exact) mass is 276 g/mol. The van der Waals surface area contributed by atoms with E-state index in [9.17, 15) is 9.18 Å². The van der Waals surface area contributed by atoms with Crippen molar-refractivity contribution < 1.29 is 14.3 Å². The van der Waals surface area contributed by atoms with Gasteiger partial charge in [0.05, 0.1) is 6.20 Å². The highest BCUT2D eigenvalue weighted by Crippen LogP contribution is 2.18. The lowest BCUT2D eigenvalue weighted by Crippen LogP contribution is -2.48. The number of nitrogens with zero attached hydrogens (tertiary/aromatic N) is 3. The van der Waals surface area contributed by atoms with E-state index in [1.54, 1.807) is 20.8 Å². The van der Waals surface area contributed by atoms with Gasteiger partial charge in [0.1, 0.15) is 6.54 Å². The van der Waals surface area contributed by atoms with Crippen LogP contribution in [0.4, 0.5) is 10.2 Å². The molecule has 1 aromatic rings. The zero-order valence-corrected chi connectivity index (χ0v) is 11.0. The van der Waals surface area contributed by atoms with Crippen molar-refractivity contribution >= 4 is 23.4 Å². The Balaban J connectivity index is 2.96. The van der Waals surface area contributed by atoms with Gasteiger partial charge in [0, 0.05) is 5.54 Å². The van der Waals surface area contributed by atoms with Gasteiger partial charge in [-0.2, -0.15) is 4.98 Å². The van der Waals surface area contributed by atoms with E-state index in [1.807, 2.05) is 0 Å². The number of aliphatic carboxylic acids is 1. The zero-order chi connectivity index (χ0) is 13.9. The number of carboxylic acid groups (broad SMARTS) is 1. The number of rotatable bonds is 4. The molecule has 2 N–H and O–H groups in total. The molecule has 0 unspecified atom stereocenters. The third kappa shape index (κ3) is 4.08. The van der Waals surface area contributed by atoms with Gasteiger partial charge >= 0.3 is 5.97 Å². The Morgan fingerprint density at radius 1 is 1.61 bits per heavy atom. The van der Waals surface area contributed by atoms with Crippen molar-refractivity contribution in [2.45, 2.75) is 26.3 Å². The summed E-state index contributed by atoms with van der Waals surface area (Å²) in [5.41, 5.74) is 2.06. The summed E-state index contributed by atoms with van der Waals surface area (Å²) in [6.45, 7) is 5.03. The van der Waals surface area contributed by atoms with Crippen molar-refractivity contribution in [1.82, 2.24) is 15.0 Å². The molecule has 0 aromatic carbocycles. The number of aromatic nitrogens is 2. The highest BCUT2D eigenvalue weighted by atomic mass is 35.5. The maximum atomic E-state index is 13.4. The summed E-state index contributed by atoms with van der Waals surface area (Å²) in [6.07, 6.45) is 0.916. The molecular weight excluding hydrogens is 263 g/mol. The van der Waals surface area contributed by atoms with Crippen LogP contribution in [0.2, 0.25) is 5.28 Å². The molecule has 8 heteroatoms. The number of hydrogen-bond acceptors (Lipinski definition) is 5. The first-order chi connectivity index (χ1) is 8.20. The number of hydrogen-bond donors (Lipinski definition) is 2. The maximum Gasteiger partial charge on any atom is 0.319 e. The second kappa shape index (κ2) is 5.45. The number of halogens is 2. The summed E-state index contributed by atoms with van der Waals surface area (Å²) in [7, 11) is 0. The van der Waals surface area contributed by atoms with Crippen molar-refractivity contribution in [3.8, 4) is 0 Å². The number of carbonyl (C=O) groups is 1. The number of carboxylic acids is 1. The smallest absolute Gasteiger partial charge is 0.319 e. The first-order valence-corrected chi connectivity index (χ1v) is 5.52. The molecule has 0 saturated heterocycles. The number of hydrazine groups is 1. The van der Waals surface area contributed by atoms with Crippen LogP contribution < -0.4 is 5.43 Å². The van der Waals surface area contributed by atoms with Crippen molar-refractivity contribution in [2.75, 3.05) is 12.0 Å². The van der Waals surface area contributed by atoms with E-state index in [1.165, 1.54) is 5.01 Å². The Kier molecular flexibility index (Phi) is 4.42. The molecule has 0 radical (unpaired) electrons. The predicted octanol–water partition coefficient (Wildman–Crippen LogP) is 1.78. The summed E-state index contributed by atoms with van der Waals surface area (Å²) in [4.78, 5) is 17.9. The summed E-state index contributed by atoms with van der Waals surface area (Å²) < 4.78 is 13.4. The fourth-order valence-electron chi connectivity index (χ4n) is 1.13. The lowest BCUT2D eigenvalue weighted by atomic mass is 10.1. The van der Waals surface area contributed by atoms with Gasteiger partial charge in [0.2, 0.25) is 5.28 Å². The van der Waals surface area contributed by atoms with Crippen molar-refractivity contribution in [2.24, 2.45) is 0 Å². The molecular formula is C10H14ClFN4O2. The van der Waals surface area contributed by atoms with Crippen molar-refractivity contribution in [3.05, 3.63) is 17.3 Å². The van der Waals surface area contributed by atoms with Crippen LogP contribution in [0, 0.1) is 5.82 Å². The quantitative estimate of drug-likeness (QED) is 0.645. The molecule has 6 nitrogen and oxygen atoms in total. The molecule has 100 valence electrons. The number of anilines is 1. The Bertz CT molecular complexity index is 450. The third-order valence-corrected chi connectivity index (χ3v) is 2.24. The van der Waals surface area contributed by atoms with Gasteiger partial charge in [0.25, 0.3) is 0 Å². The lowest BCUT2D eigenvalue weighted by Gasteiger charge is -2.34. The molecule has 0 amide bonds. The van der Waals surface area contributed by atoms with Gasteiger partial charge < -0.3 is 5.11 Å². The average Bonchev–Trinajstić information content (AvgIpc) is 2.20. The van der Waals surface area contributed by atoms with Gasteiger partial charge in [-0.15, -0.1) is 0 Å². The fourth-order valence-corrected chi connectivity index (χ4v) is 1.26. The fraction of sp³-hybridized carbons (Fsp3) is 0.500. The van der Waals surface area contributed by atoms with E-state index >= 15 is 0 Å². The second-order valence-electron chi connectivity index (χ2n) is 4.60. The molecule has 18 heavy (non-hydrogen) atoms. The normalized spacial score (nSPS) is 11.7. The van der Waals surface area contributed by atoms with Gasteiger partial charge in [-0.1, -0.05) is 0 Å². The minimum atomic E-state index is -1.04. The Labute approximate surface area is 109 Å². The molecule has 0 saturated carbocycles. The van der Waals surface area contributed by atoms with Gasteiger partial charge in [-0.05, 0) is 32.4 Å². The van der Waals surface area contributed by atoms with Crippen LogP contribution in [0.3, 0.4) is 0 Å². The van der Waals surface area contributed by atoms with Crippen LogP contribution in [-0.2, 0) is 4.79 Å². The van der Waals surface area contributed by atoms with Crippen LogP contribution in [0.1, 0.15) is 20.8 Å². The predicted molar refractivity (Wildman–Crippen MR) is 64.7 cm³/mol. The van der Waals surface area contributed by atoms with Crippen LogP contribution in [0.15, 0.2) is 6.20 Å². The Morgan fingerprint density at radius 2 is 2.22 bits per heavy atom.